The van der Waals surface area contributed by atoms with E-state index in [-0.39, 0.29) is 23.7 Å². The highest BCUT2D eigenvalue weighted by Crippen LogP contribution is 2.23. The Morgan fingerprint density at radius 2 is 2.05 bits per heavy atom. The third-order valence-corrected chi connectivity index (χ3v) is 2.78. The zero-order chi connectivity index (χ0) is 14.4. The van der Waals surface area contributed by atoms with E-state index in [1.165, 1.54) is 17.0 Å². The van der Waals surface area contributed by atoms with Crippen molar-refractivity contribution < 1.29 is 14.0 Å². The first-order chi connectivity index (χ1) is 9.01. The number of likely N-dealkylation sites (N-methyl/N-ethyl adjacent to an activating group) is 1. The van der Waals surface area contributed by atoms with E-state index in [2.05, 4.69) is 0 Å². The molecule has 1 amide bonds. The lowest BCUT2D eigenvalue weighted by Crippen LogP contribution is -2.38. The number of aldehydes is 1. The Labute approximate surface area is 112 Å². The van der Waals surface area contributed by atoms with Crippen molar-refractivity contribution in [3.63, 3.8) is 0 Å². The molecule has 0 aliphatic carbocycles. The molecule has 0 saturated carbocycles. The van der Waals surface area contributed by atoms with Gasteiger partial charge in [0.2, 0.25) is 5.91 Å². The number of hydrogen-bond acceptors (Lipinski definition) is 3. The van der Waals surface area contributed by atoms with Crippen LogP contribution in [0.2, 0.25) is 0 Å². The fourth-order valence-electron chi connectivity index (χ4n) is 1.81. The number of para-hydroxylation sites is 1. The molecule has 0 radical (unpaired) electrons. The summed E-state index contributed by atoms with van der Waals surface area (Å²) in [6.45, 7) is 2.51. The second-order valence-electron chi connectivity index (χ2n) is 4.51. The number of benzene rings is 1. The summed E-state index contributed by atoms with van der Waals surface area (Å²) in [5.74, 6) is -0.613. The average Bonchev–Trinajstić information content (AvgIpc) is 2.37. The largest absolute Gasteiger partial charge is 0.359 e. The van der Waals surface area contributed by atoms with Crippen molar-refractivity contribution in [2.75, 3.05) is 32.1 Å². The molecular weight excluding hydrogens is 247 g/mol. The molecule has 5 heteroatoms. The Morgan fingerprint density at radius 3 is 2.58 bits per heavy atom. The number of amides is 1. The standard InChI is InChI=1S/C14H19FN2O2/c1-4-8-17(9-13(19)16(2)3)14-11(10-18)6-5-7-12(14)15/h5-7,10H,4,8-9H2,1-3H3. The number of hydrogen-bond donors (Lipinski definition) is 0. The minimum Gasteiger partial charge on any atom is -0.359 e. The van der Waals surface area contributed by atoms with E-state index in [0.717, 1.165) is 6.42 Å². The zero-order valence-electron chi connectivity index (χ0n) is 11.5. The maximum Gasteiger partial charge on any atom is 0.241 e. The van der Waals surface area contributed by atoms with Gasteiger partial charge in [-0.3, -0.25) is 9.59 Å². The SMILES string of the molecule is CCCN(CC(=O)N(C)C)c1c(F)cccc1C=O. The molecule has 1 aromatic rings. The summed E-state index contributed by atoms with van der Waals surface area (Å²) in [5.41, 5.74) is 0.467. The van der Waals surface area contributed by atoms with E-state index in [1.54, 1.807) is 25.1 Å². The van der Waals surface area contributed by atoms with Gasteiger partial charge in [-0.15, -0.1) is 0 Å². The molecule has 0 bridgehead atoms. The minimum atomic E-state index is -0.482. The predicted octanol–water partition coefficient (Wildman–Crippen LogP) is 1.94. The van der Waals surface area contributed by atoms with Gasteiger partial charge in [-0.2, -0.15) is 0 Å². The van der Waals surface area contributed by atoms with Crippen LogP contribution < -0.4 is 4.90 Å². The van der Waals surface area contributed by atoms with Gasteiger partial charge < -0.3 is 9.80 Å². The van der Waals surface area contributed by atoms with Gasteiger partial charge in [0.15, 0.2) is 6.29 Å². The summed E-state index contributed by atoms with van der Waals surface area (Å²) in [5, 5.41) is 0. The van der Waals surface area contributed by atoms with E-state index >= 15 is 0 Å². The van der Waals surface area contributed by atoms with E-state index in [4.69, 9.17) is 0 Å². The van der Waals surface area contributed by atoms with Gasteiger partial charge >= 0.3 is 0 Å². The smallest absolute Gasteiger partial charge is 0.241 e. The van der Waals surface area contributed by atoms with Crippen molar-refractivity contribution in [1.82, 2.24) is 4.90 Å². The van der Waals surface area contributed by atoms with Crippen LogP contribution in [0, 0.1) is 5.82 Å². The Morgan fingerprint density at radius 1 is 1.37 bits per heavy atom. The predicted molar refractivity (Wildman–Crippen MR) is 73.0 cm³/mol. The zero-order valence-corrected chi connectivity index (χ0v) is 11.5. The molecule has 0 aromatic heterocycles. The number of anilines is 1. The molecule has 0 heterocycles. The molecule has 0 N–H and O–H groups in total. The number of rotatable bonds is 6. The Kier molecular flexibility index (Phi) is 5.48. The molecular formula is C14H19FN2O2. The Balaban J connectivity index is 3.11. The van der Waals surface area contributed by atoms with Crippen LogP contribution in [0.3, 0.4) is 0 Å². The third-order valence-electron chi connectivity index (χ3n) is 2.78. The fraction of sp³-hybridized carbons (Fsp3) is 0.429. The topological polar surface area (TPSA) is 40.6 Å². The fourth-order valence-corrected chi connectivity index (χ4v) is 1.81. The summed E-state index contributed by atoms with van der Waals surface area (Å²) in [4.78, 5) is 25.9. The van der Waals surface area contributed by atoms with Gasteiger partial charge in [-0.05, 0) is 18.6 Å². The highest BCUT2D eigenvalue weighted by atomic mass is 19.1. The van der Waals surface area contributed by atoms with Gasteiger partial charge in [0, 0.05) is 26.2 Å². The van der Waals surface area contributed by atoms with Crippen LogP contribution in [0.15, 0.2) is 18.2 Å². The van der Waals surface area contributed by atoms with Crippen LogP contribution in [0.4, 0.5) is 10.1 Å². The molecule has 1 rings (SSSR count). The normalized spacial score (nSPS) is 10.1. The van der Waals surface area contributed by atoms with Crippen molar-refractivity contribution >= 4 is 17.9 Å². The van der Waals surface area contributed by atoms with Crippen LogP contribution in [-0.4, -0.2) is 44.3 Å². The molecule has 4 nitrogen and oxygen atoms in total. The van der Waals surface area contributed by atoms with Gasteiger partial charge in [0.25, 0.3) is 0 Å². The molecule has 0 atom stereocenters. The summed E-state index contributed by atoms with van der Waals surface area (Å²) in [7, 11) is 3.29. The van der Waals surface area contributed by atoms with Crippen molar-refractivity contribution in [3.8, 4) is 0 Å². The molecule has 104 valence electrons. The van der Waals surface area contributed by atoms with E-state index < -0.39 is 5.82 Å². The van der Waals surface area contributed by atoms with Crippen LogP contribution in [0.5, 0.6) is 0 Å². The van der Waals surface area contributed by atoms with E-state index in [0.29, 0.717) is 12.8 Å². The number of carbonyl (C=O) groups is 2. The lowest BCUT2D eigenvalue weighted by atomic mass is 10.1. The molecule has 0 unspecified atom stereocenters. The third kappa shape index (κ3) is 3.77. The second kappa shape index (κ2) is 6.87. The quantitative estimate of drug-likeness (QED) is 0.739. The van der Waals surface area contributed by atoms with Crippen LogP contribution in [-0.2, 0) is 4.79 Å². The maximum absolute atomic E-state index is 13.9. The first kappa shape index (κ1) is 15.1. The molecule has 0 saturated heterocycles. The van der Waals surface area contributed by atoms with Crippen molar-refractivity contribution in [2.45, 2.75) is 13.3 Å². The van der Waals surface area contributed by atoms with Crippen molar-refractivity contribution in [1.29, 1.82) is 0 Å². The van der Waals surface area contributed by atoms with Crippen molar-refractivity contribution in [2.24, 2.45) is 0 Å². The molecule has 0 spiro atoms. The molecule has 0 aliphatic rings. The Bertz CT molecular complexity index is 461. The maximum atomic E-state index is 13.9. The molecule has 1 aromatic carbocycles. The first-order valence-corrected chi connectivity index (χ1v) is 6.20. The van der Waals surface area contributed by atoms with Crippen LogP contribution in [0.1, 0.15) is 23.7 Å². The average molecular weight is 266 g/mol. The number of halogens is 1. The highest BCUT2D eigenvalue weighted by molar-refractivity contribution is 5.88. The number of nitrogens with zero attached hydrogens (tertiary/aromatic N) is 2. The highest BCUT2D eigenvalue weighted by Gasteiger charge is 2.18. The Hall–Kier alpha value is -1.91. The number of carbonyl (C=O) groups excluding carboxylic acids is 2. The summed E-state index contributed by atoms with van der Waals surface area (Å²) >= 11 is 0. The van der Waals surface area contributed by atoms with Gasteiger partial charge in [-0.25, -0.2) is 4.39 Å². The minimum absolute atomic E-state index is 0.0581. The lowest BCUT2D eigenvalue weighted by molar-refractivity contribution is -0.127. The van der Waals surface area contributed by atoms with Crippen LogP contribution >= 0.6 is 0 Å². The van der Waals surface area contributed by atoms with E-state index in [9.17, 15) is 14.0 Å². The van der Waals surface area contributed by atoms with Crippen molar-refractivity contribution in [3.05, 3.63) is 29.6 Å². The summed E-state index contributed by atoms with van der Waals surface area (Å²) in [6, 6.07) is 4.33. The van der Waals surface area contributed by atoms with Gasteiger partial charge in [0.05, 0.1) is 12.2 Å². The molecule has 19 heavy (non-hydrogen) atoms. The molecule has 0 aliphatic heterocycles. The summed E-state index contributed by atoms with van der Waals surface area (Å²) < 4.78 is 13.9. The van der Waals surface area contributed by atoms with Gasteiger partial charge in [-0.1, -0.05) is 13.0 Å². The lowest BCUT2D eigenvalue weighted by Gasteiger charge is -2.26. The summed E-state index contributed by atoms with van der Waals surface area (Å²) in [6.07, 6.45) is 1.37. The van der Waals surface area contributed by atoms with E-state index in [1.807, 2.05) is 6.92 Å². The second-order valence-corrected chi connectivity index (χ2v) is 4.51. The first-order valence-electron chi connectivity index (χ1n) is 6.20. The van der Waals surface area contributed by atoms with Crippen LogP contribution in [0.25, 0.3) is 0 Å². The van der Waals surface area contributed by atoms with Gasteiger partial charge in [0.1, 0.15) is 5.82 Å². The molecule has 0 fully saturated rings. The monoisotopic (exact) mass is 266 g/mol.